The van der Waals surface area contributed by atoms with Crippen LogP contribution in [0.4, 0.5) is 11.4 Å². The lowest BCUT2D eigenvalue weighted by Gasteiger charge is -2.30. The number of benzene rings is 1. The zero-order valence-electron chi connectivity index (χ0n) is 11.5. The molecule has 1 aliphatic rings. The van der Waals surface area contributed by atoms with Crippen LogP contribution in [0.5, 0.6) is 0 Å². The number of carbonyl (C=O) groups excluding carboxylic acids is 1. The molecule has 0 bridgehead atoms. The molecule has 1 aromatic heterocycles. The number of hydrogen-bond donors (Lipinski definition) is 1. The number of nitrogens with one attached hydrogen (secondary N) is 1. The van der Waals surface area contributed by atoms with Gasteiger partial charge in [-0.2, -0.15) is 0 Å². The number of aryl methyl sites for hydroxylation is 1. The molecule has 0 aliphatic carbocycles. The van der Waals surface area contributed by atoms with Crippen LogP contribution in [0.25, 0.3) is 0 Å². The Labute approximate surface area is 118 Å². The average molecular weight is 267 g/mol. The standard InChI is InChI=1S/C16H17N3O/c1-17-14-7-6-12-5-3-9-19(15(12)10-14)16(20)13-4-2-8-18-11-13/h2,4,6-8,10-11,17H,3,5,9H2,1H3. The lowest BCUT2D eigenvalue weighted by Crippen LogP contribution is -2.35. The topological polar surface area (TPSA) is 45.2 Å². The lowest BCUT2D eigenvalue weighted by molar-refractivity contribution is 0.0985. The molecule has 3 rings (SSSR count). The predicted octanol–water partition coefficient (Wildman–Crippen LogP) is 2.72. The summed E-state index contributed by atoms with van der Waals surface area (Å²) in [5.74, 6) is 0.0207. The van der Waals surface area contributed by atoms with Gasteiger partial charge in [-0.05, 0) is 42.7 Å². The second-order valence-corrected chi connectivity index (χ2v) is 4.90. The molecule has 20 heavy (non-hydrogen) atoms. The van der Waals surface area contributed by atoms with E-state index in [2.05, 4.69) is 22.4 Å². The summed E-state index contributed by atoms with van der Waals surface area (Å²) in [6.45, 7) is 0.758. The van der Waals surface area contributed by atoms with Crippen molar-refractivity contribution in [2.75, 3.05) is 23.8 Å². The minimum atomic E-state index is 0.0207. The van der Waals surface area contributed by atoms with Gasteiger partial charge in [0.25, 0.3) is 5.91 Å². The van der Waals surface area contributed by atoms with Gasteiger partial charge in [-0.25, -0.2) is 0 Å². The van der Waals surface area contributed by atoms with E-state index in [-0.39, 0.29) is 5.91 Å². The number of hydrogen-bond acceptors (Lipinski definition) is 3. The molecule has 0 saturated carbocycles. The van der Waals surface area contributed by atoms with E-state index in [1.165, 1.54) is 5.56 Å². The Morgan fingerprint density at radius 2 is 2.25 bits per heavy atom. The Kier molecular flexibility index (Phi) is 3.37. The molecule has 0 saturated heterocycles. The smallest absolute Gasteiger partial charge is 0.259 e. The zero-order valence-corrected chi connectivity index (χ0v) is 11.5. The number of amides is 1. The summed E-state index contributed by atoms with van der Waals surface area (Å²) >= 11 is 0. The highest BCUT2D eigenvalue weighted by Crippen LogP contribution is 2.30. The summed E-state index contributed by atoms with van der Waals surface area (Å²) in [6.07, 6.45) is 5.33. The minimum absolute atomic E-state index is 0.0207. The molecule has 1 aromatic carbocycles. The summed E-state index contributed by atoms with van der Waals surface area (Å²) in [5, 5.41) is 3.13. The fourth-order valence-electron chi connectivity index (χ4n) is 2.59. The van der Waals surface area contributed by atoms with Crippen molar-refractivity contribution in [3.8, 4) is 0 Å². The van der Waals surface area contributed by atoms with Gasteiger partial charge in [-0.3, -0.25) is 9.78 Å². The number of carbonyl (C=O) groups is 1. The van der Waals surface area contributed by atoms with Crippen LogP contribution in [0.2, 0.25) is 0 Å². The molecule has 1 N–H and O–H groups in total. The van der Waals surface area contributed by atoms with E-state index in [1.807, 2.05) is 24.1 Å². The highest BCUT2D eigenvalue weighted by molar-refractivity contribution is 6.06. The minimum Gasteiger partial charge on any atom is -0.388 e. The van der Waals surface area contributed by atoms with Crippen LogP contribution < -0.4 is 10.2 Å². The highest BCUT2D eigenvalue weighted by atomic mass is 16.2. The first kappa shape index (κ1) is 12.7. The average Bonchev–Trinajstić information content (AvgIpc) is 2.54. The van der Waals surface area contributed by atoms with Gasteiger partial charge in [-0.15, -0.1) is 0 Å². The molecular weight excluding hydrogens is 250 g/mol. The van der Waals surface area contributed by atoms with Gasteiger partial charge in [0.1, 0.15) is 0 Å². The molecule has 2 heterocycles. The van der Waals surface area contributed by atoms with Crippen LogP contribution in [0.3, 0.4) is 0 Å². The molecule has 0 atom stereocenters. The molecule has 0 unspecified atom stereocenters. The van der Waals surface area contributed by atoms with Gasteiger partial charge in [0.05, 0.1) is 5.56 Å². The van der Waals surface area contributed by atoms with Crippen molar-refractivity contribution < 1.29 is 4.79 Å². The maximum atomic E-state index is 12.6. The summed E-state index contributed by atoms with van der Waals surface area (Å²) in [6, 6.07) is 9.80. The number of anilines is 2. The van der Waals surface area contributed by atoms with Crippen LogP contribution in [0.15, 0.2) is 42.7 Å². The molecule has 1 amide bonds. The third-order valence-electron chi connectivity index (χ3n) is 3.65. The normalized spacial score (nSPS) is 13.8. The molecule has 4 nitrogen and oxygen atoms in total. The molecule has 4 heteroatoms. The van der Waals surface area contributed by atoms with Crippen LogP contribution in [0, 0.1) is 0 Å². The highest BCUT2D eigenvalue weighted by Gasteiger charge is 2.23. The van der Waals surface area contributed by atoms with Crippen LogP contribution >= 0.6 is 0 Å². The zero-order chi connectivity index (χ0) is 13.9. The SMILES string of the molecule is CNc1ccc2c(c1)N(C(=O)c1cccnc1)CCC2. The van der Waals surface area contributed by atoms with Gasteiger partial charge in [0, 0.05) is 37.4 Å². The number of aromatic nitrogens is 1. The van der Waals surface area contributed by atoms with Crippen LogP contribution in [0.1, 0.15) is 22.3 Å². The summed E-state index contributed by atoms with van der Waals surface area (Å²) in [7, 11) is 1.89. The van der Waals surface area contributed by atoms with Crippen molar-refractivity contribution in [2.24, 2.45) is 0 Å². The van der Waals surface area contributed by atoms with E-state index in [0.29, 0.717) is 5.56 Å². The summed E-state index contributed by atoms with van der Waals surface area (Å²) < 4.78 is 0. The molecule has 102 valence electrons. The molecule has 0 radical (unpaired) electrons. The first-order valence-corrected chi connectivity index (χ1v) is 6.82. The van der Waals surface area contributed by atoms with Crippen molar-refractivity contribution in [3.63, 3.8) is 0 Å². The molecular formula is C16H17N3O. The maximum Gasteiger partial charge on any atom is 0.259 e. The van der Waals surface area contributed by atoms with Crippen molar-refractivity contribution in [2.45, 2.75) is 12.8 Å². The summed E-state index contributed by atoms with van der Waals surface area (Å²) in [4.78, 5) is 18.5. The van der Waals surface area contributed by atoms with E-state index in [9.17, 15) is 4.79 Å². The van der Waals surface area contributed by atoms with Gasteiger partial charge in [0.2, 0.25) is 0 Å². The largest absolute Gasteiger partial charge is 0.388 e. The molecule has 1 aliphatic heterocycles. The van der Waals surface area contributed by atoms with E-state index < -0.39 is 0 Å². The number of rotatable bonds is 2. The second-order valence-electron chi connectivity index (χ2n) is 4.90. The van der Waals surface area contributed by atoms with Crippen LogP contribution in [-0.4, -0.2) is 24.5 Å². The fraction of sp³-hybridized carbons (Fsp3) is 0.250. The van der Waals surface area contributed by atoms with Gasteiger partial charge < -0.3 is 10.2 Å². The Balaban J connectivity index is 1.99. The van der Waals surface area contributed by atoms with E-state index >= 15 is 0 Å². The Bertz CT molecular complexity index is 625. The van der Waals surface area contributed by atoms with Gasteiger partial charge in [0.15, 0.2) is 0 Å². The predicted molar refractivity (Wildman–Crippen MR) is 80.2 cm³/mol. The Morgan fingerprint density at radius 3 is 3.00 bits per heavy atom. The van der Waals surface area contributed by atoms with E-state index in [0.717, 1.165) is 30.8 Å². The maximum absolute atomic E-state index is 12.6. The van der Waals surface area contributed by atoms with Crippen molar-refractivity contribution >= 4 is 17.3 Å². The molecule has 0 fully saturated rings. The monoisotopic (exact) mass is 267 g/mol. The van der Waals surface area contributed by atoms with Crippen molar-refractivity contribution in [1.29, 1.82) is 0 Å². The Morgan fingerprint density at radius 1 is 1.35 bits per heavy atom. The van der Waals surface area contributed by atoms with Gasteiger partial charge >= 0.3 is 0 Å². The van der Waals surface area contributed by atoms with Crippen LogP contribution in [-0.2, 0) is 6.42 Å². The number of nitrogens with zero attached hydrogens (tertiary/aromatic N) is 2. The van der Waals surface area contributed by atoms with Crippen molar-refractivity contribution in [3.05, 3.63) is 53.9 Å². The quantitative estimate of drug-likeness (QED) is 0.910. The molecule has 0 spiro atoms. The fourth-order valence-corrected chi connectivity index (χ4v) is 2.59. The van der Waals surface area contributed by atoms with Crippen molar-refractivity contribution in [1.82, 2.24) is 4.98 Å². The first-order valence-electron chi connectivity index (χ1n) is 6.82. The third-order valence-corrected chi connectivity index (χ3v) is 3.65. The van der Waals surface area contributed by atoms with E-state index in [4.69, 9.17) is 0 Å². The summed E-state index contributed by atoms with van der Waals surface area (Å²) in [5.41, 5.74) is 3.90. The number of pyridine rings is 1. The lowest BCUT2D eigenvalue weighted by atomic mass is 10.0. The Hall–Kier alpha value is -2.36. The second kappa shape index (κ2) is 5.33. The number of fused-ring (bicyclic) bond motifs is 1. The first-order chi connectivity index (χ1) is 9.79. The van der Waals surface area contributed by atoms with Gasteiger partial charge in [-0.1, -0.05) is 6.07 Å². The molecule has 2 aromatic rings. The third kappa shape index (κ3) is 2.25. The van der Waals surface area contributed by atoms with E-state index in [1.54, 1.807) is 18.5 Å².